The van der Waals surface area contributed by atoms with Gasteiger partial charge in [0.25, 0.3) is 5.91 Å². The number of carbonyl (C=O) groups is 9. The molecule has 6 aromatic rings. The molecule has 0 bridgehead atoms. The van der Waals surface area contributed by atoms with Gasteiger partial charge in [0.1, 0.15) is 49.1 Å². The molecular formula is C58H36Br4N2O18S3. The zero-order chi connectivity index (χ0) is 60.3. The van der Waals surface area contributed by atoms with Crippen molar-refractivity contribution in [3.8, 4) is 46.0 Å². The summed E-state index contributed by atoms with van der Waals surface area (Å²) in [6.45, 7) is 4.97. The molecule has 6 aromatic carbocycles. The van der Waals surface area contributed by atoms with Gasteiger partial charge in [-0.05, 0) is 130 Å². The molecule has 12 rings (SSSR count). The van der Waals surface area contributed by atoms with Gasteiger partial charge >= 0.3 is 41.8 Å². The van der Waals surface area contributed by atoms with Crippen LogP contribution in [-0.4, -0.2) is 92.3 Å². The van der Waals surface area contributed by atoms with E-state index in [4.69, 9.17) is 37.9 Å². The number of carboxylic acids is 1. The summed E-state index contributed by atoms with van der Waals surface area (Å²) in [6, 6.07) is 21.6. The number of hydrogen-bond donors (Lipinski definition) is 2. The smallest absolute Gasteiger partial charge is 0.352 e. The highest BCUT2D eigenvalue weighted by molar-refractivity contribution is 9.11. The minimum absolute atomic E-state index is 0.0860. The predicted octanol–water partition coefficient (Wildman–Crippen LogP) is 11.2. The Morgan fingerprint density at radius 3 is 1.58 bits per heavy atom. The monoisotopic (exact) mass is 1460 g/mol. The number of halogens is 4. The summed E-state index contributed by atoms with van der Waals surface area (Å²) in [4.78, 5) is 119. The number of nitrogens with zero attached hydrogens (tertiary/aromatic N) is 1. The molecule has 2 N–H and O–H groups in total. The maximum atomic E-state index is 14.2. The molecule has 1 fully saturated rings. The molecule has 6 heterocycles. The van der Waals surface area contributed by atoms with Gasteiger partial charge in [0.2, 0.25) is 5.91 Å². The number of carbonyl (C=O) groups excluding carboxylic acids is 8. The Morgan fingerprint density at radius 1 is 0.624 bits per heavy atom. The third-order valence-corrected chi connectivity index (χ3v) is 20.2. The van der Waals surface area contributed by atoms with E-state index in [0.717, 1.165) is 11.8 Å². The van der Waals surface area contributed by atoms with Crippen molar-refractivity contribution in [2.75, 3.05) is 17.3 Å². The van der Waals surface area contributed by atoms with E-state index >= 15 is 0 Å². The third kappa shape index (κ3) is 9.78. The minimum atomic E-state index is -1.69. The predicted molar refractivity (Wildman–Crippen MR) is 317 cm³/mol. The highest BCUT2D eigenvalue weighted by Crippen LogP contribution is 2.64. The molecule has 85 heavy (non-hydrogen) atoms. The zero-order valence-corrected chi connectivity index (χ0v) is 52.7. The molecule has 6 aliphatic rings. The average molecular weight is 1460 g/mol. The van der Waals surface area contributed by atoms with Crippen LogP contribution in [0, 0.1) is 0 Å². The number of esters is 6. The third-order valence-electron chi connectivity index (χ3n) is 14.1. The quantitative estimate of drug-likeness (QED) is 0.0499. The fourth-order valence-corrected chi connectivity index (χ4v) is 16.8. The zero-order valence-electron chi connectivity index (χ0n) is 43.9. The van der Waals surface area contributed by atoms with Gasteiger partial charge in [-0.2, -0.15) is 0 Å². The van der Waals surface area contributed by atoms with E-state index in [2.05, 4.69) is 69.0 Å². The van der Waals surface area contributed by atoms with Crippen LogP contribution in [0.5, 0.6) is 46.0 Å². The fourth-order valence-electron chi connectivity index (χ4n) is 10.9. The molecule has 2 atom stereocenters. The SMILES string of the molecule is CC(=O)Oc1ccc2c(c1)Oc1cc(OC(C)=O)ccc1C21OC(=O)c2cc(SCC(=O)NC3C(=O)N4C(C(=O)O)=C(CSc5ccc6c(c5)C(=O)OC65c6cc(Br)c(OC(C)=O)c(Br)c6Oc6c5cc(Br)c(OC(C)=O)c6Br)CSC34)ccc21. The van der Waals surface area contributed by atoms with Gasteiger partial charge in [0.15, 0.2) is 34.2 Å². The van der Waals surface area contributed by atoms with Crippen molar-refractivity contribution in [2.24, 2.45) is 0 Å². The second-order valence-corrected chi connectivity index (χ2v) is 26.0. The number of amides is 2. The van der Waals surface area contributed by atoms with Gasteiger partial charge in [-0.25, -0.2) is 14.4 Å². The molecule has 0 aliphatic carbocycles. The second-order valence-electron chi connectivity index (χ2n) is 19.5. The van der Waals surface area contributed by atoms with E-state index < -0.39 is 76.2 Å². The van der Waals surface area contributed by atoms with Crippen molar-refractivity contribution >= 4 is 153 Å². The van der Waals surface area contributed by atoms with Crippen molar-refractivity contribution in [2.45, 2.75) is 60.1 Å². The Morgan fingerprint density at radius 2 is 1.09 bits per heavy atom. The van der Waals surface area contributed by atoms with Crippen LogP contribution < -0.4 is 33.7 Å². The molecule has 20 nitrogen and oxygen atoms in total. The van der Waals surface area contributed by atoms with E-state index in [1.807, 2.05) is 0 Å². The molecule has 0 saturated carbocycles. The number of fused-ring (bicyclic) bond motifs is 13. The minimum Gasteiger partial charge on any atom is -0.477 e. The maximum absolute atomic E-state index is 14.2. The first-order valence-corrected chi connectivity index (χ1v) is 31.3. The van der Waals surface area contributed by atoms with Crippen molar-refractivity contribution in [1.82, 2.24) is 10.2 Å². The number of thioether (sulfide) groups is 3. The molecule has 2 amide bonds. The molecule has 0 aromatic heterocycles. The number of hydrogen-bond acceptors (Lipinski definition) is 20. The first-order chi connectivity index (χ1) is 40.5. The summed E-state index contributed by atoms with van der Waals surface area (Å²) in [5.74, 6) is -4.91. The Balaban J connectivity index is 0.754. The van der Waals surface area contributed by atoms with E-state index in [1.165, 1.54) is 68.3 Å². The summed E-state index contributed by atoms with van der Waals surface area (Å²) >= 11 is 17.7. The van der Waals surface area contributed by atoms with E-state index in [9.17, 15) is 48.3 Å². The number of β-lactam (4-membered cyclic amide) rings is 1. The average Bonchev–Trinajstić information content (AvgIpc) is 1.75. The molecule has 0 radical (unpaired) electrons. The highest BCUT2D eigenvalue weighted by atomic mass is 79.9. The van der Waals surface area contributed by atoms with Crippen LogP contribution in [0.15, 0.2) is 124 Å². The largest absolute Gasteiger partial charge is 0.477 e. The van der Waals surface area contributed by atoms with Gasteiger partial charge in [0.05, 0.1) is 37.0 Å². The Hall–Kier alpha value is -7.14. The van der Waals surface area contributed by atoms with Crippen molar-refractivity contribution in [3.63, 3.8) is 0 Å². The highest BCUT2D eigenvalue weighted by Gasteiger charge is 2.58. The van der Waals surface area contributed by atoms with Gasteiger partial charge in [-0.15, -0.1) is 35.3 Å². The van der Waals surface area contributed by atoms with Crippen LogP contribution in [0.25, 0.3) is 0 Å². The number of ether oxygens (including phenoxy) is 8. The van der Waals surface area contributed by atoms with Gasteiger partial charge in [-0.3, -0.25) is 33.7 Å². The lowest BCUT2D eigenvalue weighted by atomic mass is 9.77. The van der Waals surface area contributed by atoms with E-state index in [-0.39, 0.29) is 89.0 Å². The molecule has 27 heteroatoms. The number of aliphatic carboxylic acids is 1. The molecule has 2 unspecified atom stereocenters. The molecule has 1 saturated heterocycles. The molecular weight excluding hydrogens is 1430 g/mol. The summed E-state index contributed by atoms with van der Waals surface area (Å²) in [5, 5.41) is 12.6. The van der Waals surface area contributed by atoms with Crippen LogP contribution in [0.3, 0.4) is 0 Å². The molecule has 6 aliphatic heterocycles. The summed E-state index contributed by atoms with van der Waals surface area (Å²) in [6.07, 6.45) is 0. The Bertz CT molecular complexity index is 4010. The van der Waals surface area contributed by atoms with Crippen LogP contribution in [0.1, 0.15) is 81.8 Å². The first kappa shape index (κ1) is 58.3. The molecule has 2 spiro atoms. The lowest BCUT2D eigenvalue weighted by Crippen LogP contribution is -2.70. The lowest BCUT2D eigenvalue weighted by Gasteiger charge is -2.49. The van der Waals surface area contributed by atoms with Gasteiger partial charge in [0, 0.05) is 83.4 Å². The molecule has 432 valence electrons. The normalized spacial score (nSPS) is 17.5. The Labute approximate surface area is 526 Å². The van der Waals surface area contributed by atoms with Crippen molar-refractivity contribution in [1.29, 1.82) is 0 Å². The van der Waals surface area contributed by atoms with E-state index in [0.29, 0.717) is 57.7 Å². The van der Waals surface area contributed by atoms with Crippen molar-refractivity contribution in [3.05, 3.63) is 159 Å². The van der Waals surface area contributed by atoms with Gasteiger partial charge in [-0.1, -0.05) is 12.1 Å². The summed E-state index contributed by atoms with van der Waals surface area (Å²) < 4.78 is 48.1. The second kappa shape index (κ2) is 22.0. The standard InChI is InChI=1S/C58H36Br4N2O18S3/c1-22(65)75-27-5-9-35-41(13-27)79-42-14-28(76-23(2)66)6-10-36(42)57(35)33-11-8-30(16-31(33)55(73)81-57)84-21-43(69)63-46-52(70)64-47(54(71)72)26(20-85-53(46)64)19-83-29-7-12-34-32(15-29)56(74)82-58(34)37-17-39(59)50(77-24(3)67)44(61)48(37)80-49-38(58)18-40(60)51(45(49)62)78-25(4)68/h5-18,46,53H,19-21H2,1-4H3,(H,63,69)(H,71,72). The lowest BCUT2D eigenvalue weighted by molar-refractivity contribution is -0.150. The Kier molecular flexibility index (Phi) is 15.1. The summed E-state index contributed by atoms with van der Waals surface area (Å²) in [5.41, 5.74) is -0.244. The van der Waals surface area contributed by atoms with Crippen LogP contribution >= 0.6 is 99.0 Å². The number of rotatable bonds is 12. The number of benzene rings is 6. The topological polar surface area (TPSA) is 263 Å². The van der Waals surface area contributed by atoms with E-state index in [1.54, 1.807) is 72.8 Å². The number of carboxylic acid groups (broad SMARTS) is 1. The van der Waals surface area contributed by atoms with Crippen LogP contribution in [0.4, 0.5) is 0 Å². The fraction of sp³-hybridized carbons (Fsp3) is 0.190. The number of nitrogens with one attached hydrogen (secondary N) is 1. The van der Waals surface area contributed by atoms with Gasteiger partial charge < -0.3 is 48.3 Å². The first-order valence-electron chi connectivity index (χ1n) is 25.1. The summed E-state index contributed by atoms with van der Waals surface area (Å²) in [7, 11) is 0. The van der Waals surface area contributed by atoms with Crippen LogP contribution in [-0.2, 0) is 54.2 Å². The van der Waals surface area contributed by atoms with Crippen molar-refractivity contribution < 1.29 is 86.2 Å². The van der Waals surface area contributed by atoms with Crippen LogP contribution in [0.2, 0.25) is 0 Å². The maximum Gasteiger partial charge on any atom is 0.352 e.